The van der Waals surface area contributed by atoms with E-state index in [1.165, 1.54) is 6.08 Å². The van der Waals surface area contributed by atoms with Gasteiger partial charge in [0.25, 0.3) is 0 Å². The third kappa shape index (κ3) is 6.47. The number of hydrogen-bond donors (Lipinski definition) is 7. The second-order valence-electron chi connectivity index (χ2n) is 9.65. The highest BCUT2D eigenvalue weighted by molar-refractivity contribution is 5.95. The van der Waals surface area contributed by atoms with Crippen molar-refractivity contribution >= 4 is 22.6 Å². The average molecular weight is 551 g/mol. The van der Waals surface area contributed by atoms with E-state index in [0.717, 1.165) is 22.1 Å². The fourth-order valence-electron chi connectivity index (χ4n) is 4.76. The summed E-state index contributed by atoms with van der Waals surface area (Å²) in [6, 6.07) is 11.3. The number of methoxy groups -OCH3 is 1. The molecule has 12 nitrogen and oxygen atoms in total. The quantitative estimate of drug-likeness (QED) is 0.179. The maximum Gasteiger partial charge on any atom is 0.187 e. The number of hydrogen-bond acceptors (Lipinski definition) is 12. The molecule has 0 amide bonds. The molecular formula is C27H34O12. The molecule has 2 aliphatic heterocycles. The second kappa shape index (κ2) is 12.8. The van der Waals surface area contributed by atoms with Gasteiger partial charge in [0, 0.05) is 6.42 Å². The first-order valence-corrected chi connectivity index (χ1v) is 12.5. The van der Waals surface area contributed by atoms with Gasteiger partial charge in [-0.3, -0.25) is 4.79 Å². The van der Waals surface area contributed by atoms with Crippen LogP contribution in [-0.2, 0) is 19.0 Å². The molecule has 0 saturated carbocycles. The van der Waals surface area contributed by atoms with Crippen LogP contribution in [0.4, 0.5) is 0 Å². The van der Waals surface area contributed by atoms with Crippen LogP contribution in [0.2, 0.25) is 0 Å². The molecule has 0 aromatic heterocycles. The summed E-state index contributed by atoms with van der Waals surface area (Å²) >= 11 is 0. The Morgan fingerprint density at radius 1 is 0.821 bits per heavy atom. The molecule has 2 heterocycles. The molecule has 0 radical (unpaired) electrons. The Balaban J connectivity index is 1.39. The van der Waals surface area contributed by atoms with Gasteiger partial charge in [-0.2, -0.15) is 0 Å². The normalized spacial score (nSPS) is 35.4. The Labute approximate surface area is 224 Å². The van der Waals surface area contributed by atoms with Gasteiger partial charge in [0.2, 0.25) is 0 Å². The van der Waals surface area contributed by atoms with E-state index in [9.17, 15) is 40.5 Å². The summed E-state index contributed by atoms with van der Waals surface area (Å²) in [6.45, 7) is -1.36. The fraction of sp³-hybridized carbons (Fsp3) is 0.519. The zero-order chi connectivity index (χ0) is 28.3. The lowest BCUT2D eigenvalue weighted by atomic mass is 9.92. The molecule has 4 rings (SSSR count). The Bertz CT molecular complexity index is 1150. The van der Waals surface area contributed by atoms with Gasteiger partial charge >= 0.3 is 0 Å². The predicted octanol–water partition coefficient (Wildman–Crippen LogP) is -1.51. The molecule has 2 aromatic rings. The first-order chi connectivity index (χ1) is 18.7. The van der Waals surface area contributed by atoms with E-state index in [-0.39, 0.29) is 6.42 Å². The van der Waals surface area contributed by atoms with Crippen molar-refractivity contribution in [3.8, 4) is 5.75 Å². The third-order valence-corrected chi connectivity index (χ3v) is 7.04. The first kappa shape index (κ1) is 29.5. The monoisotopic (exact) mass is 550 g/mol. The molecule has 2 saturated heterocycles. The summed E-state index contributed by atoms with van der Waals surface area (Å²) in [5.74, 6) is 0.335. The van der Waals surface area contributed by atoms with Gasteiger partial charge in [-0.05, 0) is 40.6 Å². The molecule has 0 spiro atoms. The van der Waals surface area contributed by atoms with Gasteiger partial charge in [-0.1, -0.05) is 24.3 Å². The summed E-state index contributed by atoms with van der Waals surface area (Å²) in [4.78, 5) is 12.7. The standard InChI is InChI=1S/C27H34O12/c1-36-17-7-5-14-8-13(2-4-15(14)9-17)3-6-16(30)10-18-21(31)24(34)26(20(12-29)37-18)39-27-25(35)23(33)22(32)19(11-28)38-27/h2-9,18-29,31-35H,10-12H2,1H3/b6-3+/t18-,19?,20?,21?,22-,23-,24+,25?,26+,27-/m0/s1. The fourth-order valence-corrected chi connectivity index (χ4v) is 4.76. The van der Waals surface area contributed by atoms with Crippen molar-refractivity contribution in [2.45, 2.75) is 67.6 Å². The van der Waals surface area contributed by atoms with E-state index in [1.807, 2.05) is 36.4 Å². The lowest BCUT2D eigenvalue weighted by Gasteiger charge is -2.46. The third-order valence-electron chi connectivity index (χ3n) is 7.04. The SMILES string of the molecule is COc1ccc2cc(/C=C/C(=O)C[C@@H]3OC(CO)[C@@H](O[C@@H]4OC(CO)[C@H](O)[C@H](O)C4O)[C@H](O)C3O)ccc2c1. The largest absolute Gasteiger partial charge is 0.497 e. The highest BCUT2D eigenvalue weighted by Crippen LogP contribution is 2.30. The van der Waals surface area contributed by atoms with Gasteiger partial charge in [-0.15, -0.1) is 0 Å². The number of ketones is 1. The van der Waals surface area contributed by atoms with Crippen LogP contribution < -0.4 is 4.74 Å². The number of fused-ring (bicyclic) bond motifs is 1. The molecule has 2 aliphatic rings. The van der Waals surface area contributed by atoms with Crippen molar-refractivity contribution in [1.82, 2.24) is 0 Å². The van der Waals surface area contributed by atoms with E-state index in [0.29, 0.717) is 0 Å². The van der Waals surface area contributed by atoms with E-state index in [2.05, 4.69) is 0 Å². The molecule has 214 valence electrons. The maximum absolute atomic E-state index is 12.7. The van der Waals surface area contributed by atoms with Crippen LogP contribution >= 0.6 is 0 Å². The van der Waals surface area contributed by atoms with Crippen LogP contribution in [0.5, 0.6) is 5.75 Å². The number of carbonyl (C=O) groups is 1. The Kier molecular flexibility index (Phi) is 9.67. The highest BCUT2D eigenvalue weighted by atomic mass is 16.7. The number of benzene rings is 2. The first-order valence-electron chi connectivity index (χ1n) is 12.5. The van der Waals surface area contributed by atoms with Gasteiger partial charge in [0.1, 0.15) is 54.6 Å². The molecule has 7 N–H and O–H groups in total. The van der Waals surface area contributed by atoms with Crippen molar-refractivity contribution in [3.63, 3.8) is 0 Å². The predicted molar refractivity (Wildman–Crippen MR) is 136 cm³/mol. The lowest BCUT2D eigenvalue weighted by molar-refractivity contribution is -0.341. The van der Waals surface area contributed by atoms with E-state index >= 15 is 0 Å². The zero-order valence-corrected chi connectivity index (χ0v) is 21.2. The summed E-state index contributed by atoms with van der Waals surface area (Å²) in [5, 5.41) is 72.6. The van der Waals surface area contributed by atoms with Gasteiger partial charge < -0.3 is 54.7 Å². The van der Waals surface area contributed by atoms with Crippen LogP contribution in [-0.4, -0.2) is 123 Å². The molecule has 2 fully saturated rings. The minimum absolute atomic E-state index is 0.303. The summed E-state index contributed by atoms with van der Waals surface area (Å²) in [7, 11) is 1.59. The summed E-state index contributed by atoms with van der Waals surface area (Å²) in [5.41, 5.74) is 0.771. The smallest absolute Gasteiger partial charge is 0.187 e. The summed E-state index contributed by atoms with van der Waals surface area (Å²) < 4.78 is 21.7. The van der Waals surface area contributed by atoms with Crippen molar-refractivity contribution < 1.29 is 59.5 Å². The number of rotatable bonds is 9. The number of carbonyl (C=O) groups excluding carboxylic acids is 1. The van der Waals surface area contributed by atoms with Crippen molar-refractivity contribution in [3.05, 3.63) is 48.0 Å². The molecule has 4 unspecified atom stereocenters. The Hall–Kier alpha value is -2.49. The molecule has 0 aliphatic carbocycles. The topological polar surface area (TPSA) is 196 Å². The minimum Gasteiger partial charge on any atom is -0.497 e. The molecule has 0 bridgehead atoms. The average Bonchev–Trinajstić information content (AvgIpc) is 2.95. The van der Waals surface area contributed by atoms with Gasteiger partial charge in [0.15, 0.2) is 12.1 Å². The molecule has 39 heavy (non-hydrogen) atoms. The highest BCUT2D eigenvalue weighted by Gasteiger charge is 2.50. The minimum atomic E-state index is -1.76. The van der Waals surface area contributed by atoms with Crippen molar-refractivity contribution in [2.75, 3.05) is 20.3 Å². The van der Waals surface area contributed by atoms with Crippen molar-refractivity contribution in [2.24, 2.45) is 0 Å². The second-order valence-corrected chi connectivity index (χ2v) is 9.65. The molecular weight excluding hydrogens is 516 g/mol. The number of aliphatic hydroxyl groups is 7. The van der Waals surface area contributed by atoms with E-state index in [4.69, 9.17) is 18.9 Å². The zero-order valence-electron chi connectivity index (χ0n) is 21.2. The van der Waals surface area contributed by atoms with Crippen LogP contribution in [0.3, 0.4) is 0 Å². The van der Waals surface area contributed by atoms with Gasteiger partial charge in [-0.25, -0.2) is 0 Å². The molecule has 10 atom stereocenters. The number of ether oxygens (including phenoxy) is 4. The maximum atomic E-state index is 12.7. The molecule has 2 aromatic carbocycles. The lowest BCUT2D eigenvalue weighted by Crippen LogP contribution is -2.64. The summed E-state index contributed by atoms with van der Waals surface area (Å²) in [6.07, 6.45) is -12.4. The van der Waals surface area contributed by atoms with Crippen LogP contribution in [0, 0.1) is 0 Å². The van der Waals surface area contributed by atoms with Crippen molar-refractivity contribution in [1.29, 1.82) is 0 Å². The molecule has 12 heteroatoms. The number of aliphatic hydroxyl groups excluding tert-OH is 7. The Morgan fingerprint density at radius 3 is 2.18 bits per heavy atom. The van der Waals surface area contributed by atoms with E-state index < -0.39 is 80.2 Å². The Morgan fingerprint density at radius 2 is 1.49 bits per heavy atom. The van der Waals surface area contributed by atoms with E-state index in [1.54, 1.807) is 13.2 Å². The van der Waals surface area contributed by atoms with Crippen LogP contribution in [0.25, 0.3) is 16.8 Å². The van der Waals surface area contributed by atoms with Crippen LogP contribution in [0.15, 0.2) is 42.5 Å². The van der Waals surface area contributed by atoms with Crippen LogP contribution in [0.1, 0.15) is 12.0 Å². The number of allylic oxidation sites excluding steroid dienone is 1. The van der Waals surface area contributed by atoms with Gasteiger partial charge in [0.05, 0.1) is 26.4 Å².